The van der Waals surface area contributed by atoms with Crippen molar-refractivity contribution in [2.24, 2.45) is 0 Å². The highest BCUT2D eigenvalue weighted by Crippen LogP contribution is 2.44. The maximum atomic E-state index is 6.48. The van der Waals surface area contributed by atoms with E-state index in [1.807, 2.05) is 19.1 Å². The Morgan fingerprint density at radius 3 is 2.93 bits per heavy atom. The molecule has 2 aromatic heterocycles. The first-order valence-electron chi connectivity index (χ1n) is 8.47. The molecular formula is C20H15ClN3O2S. The van der Waals surface area contributed by atoms with Crippen molar-refractivity contribution in [3.63, 3.8) is 0 Å². The van der Waals surface area contributed by atoms with Gasteiger partial charge in [-0.1, -0.05) is 11.6 Å². The van der Waals surface area contributed by atoms with Crippen molar-refractivity contribution in [2.75, 3.05) is 7.11 Å². The van der Waals surface area contributed by atoms with Crippen LogP contribution < -0.4 is 9.47 Å². The molecule has 1 radical (unpaired) electrons. The van der Waals surface area contributed by atoms with E-state index in [-0.39, 0.29) is 6.10 Å². The molecule has 135 valence electrons. The Bertz CT molecular complexity index is 1220. The minimum Gasteiger partial charge on any atom is -0.490 e. The van der Waals surface area contributed by atoms with Crippen molar-refractivity contribution in [3.8, 4) is 22.2 Å². The van der Waals surface area contributed by atoms with Crippen molar-refractivity contribution >= 4 is 44.2 Å². The molecule has 1 atom stereocenters. The van der Waals surface area contributed by atoms with Crippen LogP contribution >= 0.6 is 22.9 Å². The molecule has 0 saturated carbocycles. The molecule has 2 aromatic carbocycles. The Hall–Kier alpha value is -2.44. The molecule has 4 aromatic rings. The zero-order valence-electron chi connectivity index (χ0n) is 14.7. The molecular weight excluding hydrogens is 382 g/mol. The molecule has 1 unspecified atom stereocenters. The minimum absolute atomic E-state index is 0.0923. The van der Waals surface area contributed by atoms with E-state index in [2.05, 4.69) is 23.0 Å². The number of rotatable bonds is 2. The van der Waals surface area contributed by atoms with Gasteiger partial charge in [0.15, 0.2) is 0 Å². The molecule has 0 fully saturated rings. The molecule has 0 aliphatic carbocycles. The lowest BCUT2D eigenvalue weighted by atomic mass is 10.1. The number of halogens is 1. The van der Waals surface area contributed by atoms with E-state index in [0.717, 1.165) is 55.1 Å². The van der Waals surface area contributed by atoms with Gasteiger partial charge in [-0.3, -0.25) is 0 Å². The highest BCUT2D eigenvalue weighted by atomic mass is 35.5. The fraction of sp³-hybridized carbons (Fsp3) is 0.200. The Labute approximate surface area is 165 Å². The Morgan fingerprint density at radius 1 is 1.26 bits per heavy atom. The fourth-order valence-electron chi connectivity index (χ4n) is 3.44. The summed E-state index contributed by atoms with van der Waals surface area (Å²) in [5.74, 6) is 1.30. The Kier molecular flexibility index (Phi) is 3.74. The number of hydrogen-bond acceptors (Lipinski definition) is 6. The topological polar surface area (TPSA) is 57.1 Å². The molecule has 5 rings (SSSR count). The summed E-state index contributed by atoms with van der Waals surface area (Å²) in [5.41, 5.74) is 5.51. The second kappa shape index (κ2) is 6.04. The normalized spacial score (nSPS) is 15.9. The average molecular weight is 397 g/mol. The first kappa shape index (κ1) is 16.7. The number of aryl methyl sites for hydroxylation is 1. The summed E-state index contributed by atoms with van der Waals surface area (Å²) in [4.78, 5) is 13.9. The molecule has 0 bridgehead atoms. The molecule has 7 heteroatoms. The van der Waals surface area contributed by atoms with E-state index in [1.165, 1.54) is 0 Å². The van der Waals surface area contributed by atoms with Crippen molar-refractivity contribution in [2.45, 2.75) is 19.4 Å². The van der Waals surface area contributed by atoms with Crippen LogP contribution in [0.3, 0.4) is 0 Å². The number of fused-ring (bicyclic) bond motifs is 4. The lowest BCUT2D eigenvalue weighted by Gasteiger charge is -2.06. The van der Waals surface area contributed by atoms with Gasteiger partial charge in [-0.15, -0.1) is 11.3 Å². The SMILES string of the molecule is [CH2]C1Cc2c(cc(Cl)c3nc(-c4cc(C)cc5nc(OC)cnc45)sc23)O1. The first-order valence-corrected chi connectivity index (χ1v) is 9.66. The van der Waals surface area contributed by atoms with Crippen LogP contribution in [0.2, 0.25) is 5.02 Å². The van der Waals surface area contributed by atoms with E-state index < -0.39 is 0 Å². The fourth-order valence-corrected chi connectivity index (χ4v) is 4.89. The van der Waals surface area contributed by atoms with Crippen LogP contribution in [0.15, 0.2) is 24.4 Å². The zero-order valence-corrected chi connectivity index (χ0v) is 16.3. The van der Waals surface area contributed by atoms with Crippen LogP contribution in [0.5, 0.6) is 11.6 Å². The summed E-state index contributed by atoms with van der Waals surface area (Å²) >= 11 is 8.08. The van der Waals surface area contributed by atoms with Crippen LogP contribution in [-0.4, -0.2) is 28.2 Å². The summed E-state index contributed by atoms with van der Waals surface area (Å²) in [7, 11) is 1.58. The van der Waals surface area contributed by atoms with Gasteiger partial charge >= 0.3 is 0 Å². The van der Waals surface area contributed by atoms with Gasteiger partial charge in [0.05, 0.1) is 34.1 Å². The van der Waals surface area contributed by atoms with Gasteiger partial charge in [-0.25, -0.2) is 15.0 Å². The predicted molar refractivity (Wildman–Crippen MR) is 108 cm³/mol. The van der Waals surface area contributed by atoms with Crippen molar-refractivity contribution < 1.29 is 9.47 Å². The van der Waals surface area contributed by atoms with Crippen LogP contribution in [-0.2, 0) is 6.42 Å². The molecule has 5 nitrogen and oxygen atoms in total. The molecule has 3 heterocycles. The molecule has 1 aliphatic heterocycles. The van der Waals surface area contributed by atoms with Crippen molar-refractivity contribution in [1.82, 2.24) is 15.0 Å². The van der Waals surface area contributed by atoms with E-state index in [0.29, 0.717) is 10.9 Å². The molecule has 0 N–H and O–H groups in total. The maximum absolute atomic E-state index is 6.48. The van der Waals surface area contributed by atoms with E-state index in [4.69, 9.17) is 26.1 Å². The first-order chi connectivity index (χ1) is 13.0. The number of aromatic nitrogens is 3. The van der Waals surface area contributed by atoms with Gasteiger partial charge in [-0.05, 0) is 31.5 Å². The van der Waals surface area contributed by atoms with Gasteiger partial charge < -0.3 is 9.47 Å². The van der Waals surface area contributed by atoms with E-state index in [9.17, 15) is 0 Å². The number of nitrogens with zero attached hydrogens (tertiary/aromatic N) is 3. The van der Waals surface area contributed by atoms with Crippen LogP contribution in [0.1, 0.15) is 11.1 Å². The maximum Gasteiger partial charge on any atom is 0.232 e. The van der Waals surface area contributed by atoms with Gasteiger partial charge in [0.1, 0.15) is 22.4 Å². The monoisotopic (exact) mass is 396 g/mol. The van der Waals surface area contributed by atoms with Crippen LogP contribution in [0.4, 0.5) is 0 Å². The smallest absolute Gasteiger partial charge is 0.232 e. The minimum atomic E-state index is -0.0923. The average Bonchev–Trinajstić information content (AvgIpc) is 3.24. The van der Waals surface area contributed by atoms with Crippen LogP contribution in [0, 0.1) is 13.8 Å². The highest BCUT2D eigenvalue weighted by molar-refractivity contribution is 7.22. The lowest BCUT2D eigenvalue weighted by molar-refractivity contribution is 0.281. The molecule has 0 spiro atoms. The summed E-state index contributed by atoms with van der Waals surface area (Å²) in [6.45, 7) is 6.04. The van der Waals surface area contributed by atoms with Gasteiger partial charge in [-0.2, -0.15) is 0 Å². The third kappa shape index (κ3) is 2.63. The van der Waals surface area contributed by atoms with Crippen molar-refractivity contribution in [3.05, 3.63) is 47.5 Å². The lowest BCUT2D eigenvalue weighted by Crippen LogP contribution is -2.05. The molecule has 1 aliphatic rings. The Balaban J connectivity index is 1.77. The summed E-state index contributed by atoms with van der Waals surface area (Å²) in [5, 5.41) is 1.45. The third-order valence-electron chi connectivity index (χ3n) is 4.62. The summed E-state index contributed by atoms with van der Waals surface area (Å²) in [6.07, 6.45) is 2.29. The van der Waals surface area contributed by atoms with Gasteiger partial charge in [0.2, 0.25) is 5.88 Å². The predicted octanol–water partition coefficient (Wildman–Crippen LogP) is 5.01. The number of benzene rings is 2. The van der Waals surface area contributed by atoms with Gasteiger partial charge in [0, 0.05) is 23.6 Å². The largest absolute Gasteiger partial charge is 0.490 e. The molecule has 27 heavy (non-hydrogen) atoms. The zero-order chi connectivity index (χ0) is 18.7. The van der Waals surface area contributed by atoms with E-state index >= 15 is 0 Å². The molecule has 0 saturated heterocycles. The van der Waals surface area contributed by atoms with E-state index in [1.54, 1.807) is 24.6 Å². The number of hydrogen-bond donors (Lipinski definition) is 0. The van der Waals surface area contributed by atoms with Crippen LogP contribution in [0.25, 0.3) is 31.8 Å². The number of ether oxygens (including phenoxy) is 2. The second-order valence-electron chi connectivity index (χ2n) is 6.57. The number of thiazole rings is 1. The number of methoxy groups -OCH3 is 1. The summed E-state index contributed by atoms with van der Waals surface area (Å²) in [6, 6.07) is 5.91. The highest BCUT2D eigenvalue weighted by Gasteiger charge is 2.26. The van der Waals surface area contributed by atoms with Gasteiger partial charge in [0.25, 0.3) is 0 Å². The quantitative estimate of drug-likeness (QED) is 0.476. The molecule has 0 amide bonds. The standard InChI is InChI=1S/C20H15ClN3O2S/c1-9-4-12(17-14(5-9)23-16(25-3)8-22-17)20-24-18-13(21)7-15-11(19(18)27-20)6-10(2)26-15/h4-5,7-8,10H,2,6H2,1,3H3. The van der Waals surface area contributed by atoms with Crippen molar-refractivity contribution in [1.29, 1.82) is 0 Å². The second-order valence-corrected chi connectivity index (χ2v) is 7.97. The third-order valence-corrected chi connectivity index (χ3v) is 6.05. The summed E-state index contributed by atoms with van der Waals surface area (Å²) < 4.78 is 12.0. The Morgan fingerprint density at radius 2 is 2.11 bits per heavy atom.